The molecule has 0 bridgehead atoms. The smallest absolute Gasteiger partial charge is 0.0547 e. The second-order valence-electron chi connectivity index (χ2n) is 15.3. The number of benzene rings is 9. The first-order valence-electron chi connectivity index (χ1n) is 19.7. The van der Waals surface area contributed by atoms with E-state index in [0.717, 1.165) is 0 Å². The van der Waals surface area contributed by atoms with Crippen LogP contribution in [0.3, 0.4) is 0 Å². The monoisotopic (exact) mass is 772 g/mol. The highest BCUT2D eigenvalue weighted by Crippen LogP contribution is 2.45. The van der Waals surface area contributed by atoms with Gasteiger partial charge in [-0.25, -0.2) is 0 Å². The van der Waals surface area contributed by atoms with Gasteiger partial charge in [0.15, 0.2) is 0 Å². The Morgan fingerprint density at radius 3 is 1.41 bits per heavy atom. The zero-order valence-corrected chi connectivity index (χ0v) is 32.8. The van der Waals surface area contributed by atoms with E-state index in [-0.39, 0.29) is 0 Å². The van der Waals surface area contributed by atoms with E-state index in [1.165, 1.54) is 118 Å². The SMILES string of the molecule is c1ccc(-n2c3ccccc3c3cc(-c4cc5c6ccccc6n(-c6ccc7sc8ccccc8c7c6)c5cc4-c4ccc5sc6ccccc6c5c4)ccc32)cc1. The second-order valence-corrected chi connectivity index (χ2v) is 17.4. The molecular formula is C54H32N2S2. The fourth-order valence-corrected chi connectivity index (χ4v) is 11.7. The first-order chi connectivity index (χ1) is 28.7. The lowest BCUT2D eigenvalue weighted by Crippen LogP contribution is -1.95. The Balaban J connectivity index is 1.12. The van der Waals surface area contributed by atoms with Gasteiger partial charge in [-0.05, 0) is 113 Å². The summed E-state index contributed by atoms with van der Waals surface area (Å²) in [4.78, 5) is 0. The number of fused-ring (bicyclic) bond motifs is 12. The summed E-state index contributed by atoms with van der Waals surface area (Å²) in [6.45, 7) is 0. The average molecular weight is 773 g/mol. The van der Waals surface area contributed by atoms with Crippen LogP contribution < -0.4 is 0 Å². The van der Waals surface area contributed by atoms with Gasteiger partial charge in [-0.1, -0.05) is 103 Å². The molecule has 0 N–H and O–H groups in total. The molecule has 0 fully saturated rings. The van der Waals surface area contributed by atoms with Gasteiger partial charge in [0.2, 0.25) is 0 Å². The number of hydrogen-bond acceptors (Lipinski definition) is 2. The van der Waals surface area contributed by atoms with Crippen LogP contribution in [0, 0.1) is 0 Å². The van der Waals surface area contributed by atoms with Gasteiger partial charge in [-0.2, -0.15) is 0 Å². The lowest BCUT2D eigenvalue weighted by atomic mass is 9.91. The fraction of sp³-hybridized carbons (Fsp3) is 0. The van der Waals surface area contributed by atoms with Crippen molar-refractivity contribution < 1.29 is 0 Å². The quantitative estimate of drug-likeness (QED) is 0.169. The van der Waals surface area contributed by atoms with E-state index in [1.807, 2.05) is 22.7 Å². The summed E-state index contributed by atoms with van der Waals surface area (Å²) in [5.41, 5.74) is 12.1. The molecule has 13 rings (SSSR count). The molecule has 13 aromatic rings. The summed E-state index contributed by atoms with van der Waals surface area (Å²) in [5.74, 6) is 0. The number of nitrogens with zero attached hydrogens (tertiary/aromatic N) is 2. The number of para-hydroxylation sites is 3. The summed E-state index contributed by atoms with van der Waals surface area (Å²) in [5, 5.41) is 10.2. The van der Waals surface area contributed by atoms with Crippen molar-refractivity contribution in [3.05, 3.63) is 194 Å². The Labute approximate surface area is 341 Å². The normalized spacial score (nSPS) is 12.1. The van der Waals surface area contributed by atoms with Crippen LogP contribution in [0.2, 0.25) is 0 Å². The zero-order chi connectivity index (χ0) is 37.9. The maximum atomic E-state index is 2.49. The molecule has 4 heteroatoms. The predicted molar refractivity (Wildman–Crippen MR) is 252 cm³/mol. The molecule has 0 saturated heterocycles. The van der Waals surface area contributed by atoms with Crippen molar-refractivity contribution in [3.8, 4) is 33.6 Å². The molecule has 0 aliphatic heterocycles. The van der Waals surface area contributed by atoms with Crippen LogP contribution in [0.4, 0.5) is 0 Å². The van der Waals surface area contributed by atoms with Gasteiger partial charge < -0.3 is 9.13 Å². The fourth-order valence-electron chi connectivity index (χ4n) is 9.51. The van der Waals surface area contributed by atoms with Crippen molar-refractivity contribution in [2.45, 2.75) is 0 Å². The van der Waals surface area contributed by atoms with E-state index in [9.17, 15) is 0 Å². The molecule has 4 heterocycles. The van der Waals surface area contributed by atoms with Crippen molar-refractivity contribution in [1.29, 1.82) is 0 Å². The Kier molecular flexibility index (Phi) is 6.79. The zero-order valence-electron chi connectivity index (χ0n) is 31.2. The lowest BCUT2D eigenvalue weighted by Gasteiger charge is -2.15. The van der Waals surface area contributed by atoms with Crippen molar-refractivity contribution in [3.63, 3.8) is 0 Å². The first kappa shape index (κ1) is 32.1. The van der Waals surface area contributed by atoms with E-state index in [2.05, 4.69) is 203 Å². The molecule has 58 heavy (non-hydrogen) atoms. The highest BCUT2D eigenvalue weighted by molar-refractivity contribution is 7.26. The number of rotatable bonds is 4. The number of hydrogen-bond donors (Lipinski definition) is 0. The molecule has 270 valence electrons. The van der Waals surface area contributed by atoms with Crippen LogP contribution >= 0.6 is 22.7 Å². The summed E-state index contributed by atoms with van der Waals surface area (Å²) >= 11 is 3.74. The summed E-state index contributed by atoms with van der Waals surface area (Å²) in [6, 6.07) is 72.1. The van der Waals surface area contributed by atoms with E-state index in [0.29, 0.717) is 0 Å². The highest BCUT2D eigenvalue weighted by atomic mass is 32.1. The maximum Gasteiger partial charge on any atom is 0.0547 e. The lowest BCUT2D eigenvalue weighted by molar-refractivity contribution is 1.18. The van der Waals surface area contributed by atoms with Gasteiger partial charge in [-0.15, -0.1) is 22.7 Å². The average Bonchev–Trinajstić information content (AvgIpc) is 4.03. The number of thiophene rings is 2. The topological polar surface area (TPSA) is 9.86 Å². The highest BCUT2D eigenvalue weighted by Gasteiger charge is 2.20. The van der Waals surface area contributed by atoms with E-state index < -0.39 is 0 Å². The molecule has 0 amide bonds. The molecule has 4 aromatic heterocycles. The standard InChI is InChI=1S/C54H32N2S2/c1-2-12-35(13-3-1)55-47-18-8-4-14-37(47)43-28-33(22-25-49(43)55)41-31-44-38-15-5-9-19-48(38)56(36-24-27-54-46(30-36)40-17-7-11-21-52(40)58-54)50(44)32-42(41)34-23-26-53-45(29-34)39-16-6-10-20-51(39)57-53/h1-32H. The van der Waals surface area contributed by atoms with E-state index in [1.54, 1.807) is 0 Å². The van der Waals surface area contributed by atoms with Crippen LogP contribution in [0.1, 0.15) is 0 Å². The van der Waals surface area contributed by atoms with Crippen molar-refractivity contribution in [2.24, 2.45) is 0 Å². The molecular weight excluding hydrogens is 741 g/mol. The number of aromatic nitrogens is 2. The molecule has 0 unspecified atom stereocenters. The van der Waals surface area contributed by atoms with Gasteiger partial charge in [0.05, 0.1) is 22.1 Å². The minimum Gasteiger partial charge on any atom is -0.309 e. The Hall–Kier alpha value is -6.98. The molecule has 0 radical (unpaired) electrons. The second kappa shape index (κ2) is 12.3. The molecule has 0 aliphatic rings. The minimum absolute atomic E-state index is 1.17. The summed E-state index contributed by atoms with van der Waals surface area (Å²) in [7, 11) is 0. The van der Waals surface area contributed by atoms with Crippen molar-refractivity contribution in [2.75, 3.05) is 0 Å². The largest absolute Gasteiger partial charge is 0.309 e. The third-order valence-electron chi connectivity index (χ3n) is 12.1. The van der Waals surface area contributed by atoms with Crippen molar-refractivity contribution in [1.82, 2.24) is 9.13 Å². The maximum absolute atomic E-state index is 2.49. The van der Waals surface area contributed by atoms with Gasteiger partial charge >= 0.3 is 0 Å². The van der Waals surface area contributed by atoms with Crippen molar-refractivity contribution >= 4 is 107 Å². The molecule has 0 atom stereocenters. The van der Waals surface area contributed by atoms with Gasteiger partial charge in [-0.3, -0.25) is 0 Å². The van der Waals surface area contributed by atoms with Gasteiger partial charge in [0.25, 0.3) is 0 Å². The third-order valence-corrected chi connectivity index (χ3v) is 14.4. The minimum atomic E-state index is 1.17. The first-order valence-corrected chi connectivity index (χ1v) is 21.4. The van der Waals surface area contributed by atoms with E-state index >= 15 is 0 Å². The molecule has 0 aliphatic carbocycles. The van der Waals surface area contributed by atoms with Gasteiger partial charge in [0, 0.05) is 73.3 Å². The van der Waals surface area contributed by atoms with Crippen LogP contribution in [-0.4, -0.2) is 9.13 Å². The molecule has 2 nitrogen and oxygen atoms in total. The Morgan fingerprint density at radius 2 is 0.724 bits per heavy atom. The molecule has 0 spiro atoms. The predicted octanol–water partition coefficient (Wildman–Crippen LogP) is 16.0. The van der Waals surface area contributed by atoms with Crippen LogP contribution in [0.15, 0.2) is 194 Å². The van der Waals surface area contributed by atoms with Crippen LogP contribution in [-0.2, 0) is 0 Å². The molecule has 0 saturated carbocycles. The summed E-state index contributed by atoms with van der Waals surface area (Å²) < 4.78 is 10.2. The van der Waals surface area contributed by atoms with E-state index in [4.69, 9.17) is 0 Å². The summed E-state index contributed by atoms with van der Waals surface area (Å²) in [6.07, 6.45) is 0. The molecule has 9 aromatic carbocycles. The Morgan fingerprint density at radius 1 is 0.259 bits per heavy atom. The van der Waals surface area contributed by atoms with Crippen LogP contribution in [0.25, 0.3) is 118 Å². The van der Waals surface area contributed by atoms with Gasteiger partial charge in [0.1, 0.15) is 0 Å². The Bertz CT molecular complexity index is 3800. The van der Waals surface area contributed by atoms with Crippen LogP contribution in [0.5, 0.6) is 0 Å². The third kappa shape index (κ3) is 4.64.